The Morgan fingerprint density at radius 1 is 1.38 bits per heavy atom. The van der Waals surface area contributed by atoms with Crippen LogP contribution >= 0.6 is 11.8 Å². The Labute approximate surface area is 95.5 Å². The molecule has 7 heteroatoms. The summed E-state index contributed by atoms with van der Waals surface area (Å²) >= 11 is 1.14. The number of rotatable bonds is 4. The number of carbonyl (C=O) groups is 1. The molecule has 88 valence electrons. The molecule has 0 amide bonds. The molecule has 1 aromatic rings. The predicted molar refractivity (Wildman–Crippen MR) is 60.7 cm³/mol. The van der Waals surface area contributed by atoms with Crippen LogP contribution in [0, 0.1) is 0 Å². The number of carboxylic acid groups (broad SMARTS) is 1. The SMILES string of the molecule is Cn1c(CSCC(=O)O)cc(=O)n(C)c1=O. The van der Waals surface area contributed by atoms with Crippen LogP contribution < -0.4 is 11.2 Å². The number of thioether (sulfide) groups is 1. The van der Waals surface area contributed by atoms with Crippen LogP contribution in [-0.2, 0) is 24.6 Å². The standard InChI is InChI=1S/C9H12N2O4S/c1-10-6(4-16-5-8(13)14)3-7(12)11(2)9(10)15/h3H,4-5H2,1-2H3,(H,13,14). The molecule has 0 fully saturated rings. The smallest absolute Gasteiger partial charge is 0.330 e. The molecular formula is C9H12N2O4S. The van der Waals surface area contributed by atoms with E-state index in [-0.39, 0.29) is 11.3 Å². The van der Waals surface area contributed by atoms with E-state index in [0.29, 0.717) is 11.4 Å². The Morgan fingerprint density at radius 2 is 2.00 bits per heavy atom. The van der Waals surface area contributed by atoms with E-state index in [4.69, 9.17) is 5.11 Å². The second-order valence-electron chi connectivity index (χ2n) is 3.26. The molecule has 1 aromatic heterocycles. The van der Waals surface area contributed by atoms with Gasteiger partial charge in [-0.1, -0.05) is 0 Å². The monoisotopic (exact) mass is 244 g/mol. The molecule has 0 aliphatic rings. The van der Waals surface area contributed by atoms with E-state index in [9.17, 15) is 14.4 Å². The lowest BCUT2D eigenvalue weighted by molar-refractivity contribution is -0.133. The molecule has 0 atom stereocenters. The molecule has 0 bridgehead atoms. The second-order valence-corrected chi connectivity index (χ2v) is 4.25. The van der Waals surface area contributed by atoms with E-state index in [1.54, 1.807) is 7.05 Å². The summed E-state index contributed by atoms with van der Waals surface area (Å²) in [4.78, 5) is 33.1. The van der Waals surface area contributed by atoms with Gasteiger partial charge in [-0.3, -0.25) is 18.7 Å². The number of hydrogen-bond acceptors (Lipinski definition) is 4. The number of nitrogens with zero attached hydrogens (tertiary/aromatic N) is 2. The van der Waals surface area contributed by atoms with Crippen LogP contribution in [0.1, 0.15) is 5.69 Å². The average Bonchev–Trinajstić information content (AvgIpc) is 2.22. The van der Waals surface area contributed by atoms with E-state index in [2.05, 4.69) is 0 Å². The highest BCUT2D eigenvalue weighted by Crippen LogP contribution is 2.08. The van der Waals surface area contributed by atoms with Gasteiger partial charge in [-0.15, -0.1) is 11.8 Å². The van der Waals surface area contributed by atoms with Crippen molar-refractivity contribution in [2.75, 3.05) is 5.75 Å². The second kappa shape index (κ2) is 5.02. The van der Waals surface area contributed by atoms with Gasteiger partial charge in [-0.25, -0.2) is 4.79 Å². The van der Waals surface area contributed by atoms with Crippen molar-refractivity contribution >= 4 is 17.7 Å². The maximum absolute atomic E-state index is 11.5. The van der Waals surface area contributed by atoms with Crippen molar-refractivity contribution in [1.29, 1.82) is 0 Å². The molecule has 1 N–H and O–H groups in total. The first kappa shape index (κ1) is 12.6. The van der Waals surface area contributed by atoms with Crippen molar-refractivity contribution in [3.63, 3.8) is 0 Å². The first-order valence-electron chi connectivity index (χ1n) is 4.49. The topological polar surface area (TPSA) is 81.3 Å². The van der Waals surface area contributed by atoms with Gasteiger partial charge in [0.1, 0.15) is 0 Å². The third-order valence-electron chi connectivity index (χ3n) is 2.10. The maximum atomic E-state index is 11.5. The highest BCUT2D eigenvalue weighted by atomic mass is 32.2. The van der Waals surface area contributed by atoms with Gasteiger partial charge >= 0.3 is 11.7 Å². The van der Waals surface area contributed by atoms with Gasteiger partial charge < -0.3 is 5.11 Å². The zero-order chi connectivity index (χ0) is 12.3. The molecule has 0 aromatic carbocycles. The highest BCUT2D eigenvalue weighted by Gasteiger charge is 2.06. The molecule has 6 nitrogen and oxygen atoms in total. The first-order valence-corrected chi connectivity index (χ1v) is 5.64. The van der Waals surface area contributed by atoms with Crippen molar-refractivity contribution in [3.05, 3.63) is 32.6 Å². The highest BCUT2D eigenvalue weighted by molar-refractivity contribution is 7.99. The molecular weight excluding hydrogens is 232 g/mol. The minimum atomic E-state index is -0.918. The summed E-state index contributed by atoms with van der Waals surface area (Å²) < 4.78 is 2.35. The minimum absolute atomic E-state index is 0.0522. The molecule has 16 heavy (non-hydrogen) atoms. The van der Waals surface area contributed by atoms with Gasteiger partial charge in [0.05, 0.1) is 5.75 Å². The van der Waals surface area contributed by atoms with E-state index in [1.807, 2.05) is 0 Å². The van der Waals surface area contributed by atoms with Crippen molar-refractivity contribution in [2.24, 2.45) is 14.1 Å². The van der Waals surface area contributed by atoms with Crippen molar-refractivity contribution in [2.45, 2.75) is 5.75 Å². The summed E-state index contributed by atoms with van der Waals surface area (Å²) in [5, 5.41) is 8.46. The van der Waals surface area contributed by atoms with Crippen LogP contribution in [0.3, 0.4) is 0 Å². The summed E-state index contributed by atoms with van der Waals surface area (Å²) in [6, 6.07) is 1.34. The van der Waals surface area contributed by atoms with Crippen LogP contribution in [0.15, 0.2) is 15.7 Å². The first-order chi connectivity index (χ1) is 7.43. The Kier molecular flexibility index (Phi) is 3.94. The molecule has 0 saturated carbocycles. The summed E-state index contributed by atoms with van der Waals surface area (Å²) in [6.07, 6.45) is 0. The largest absolute Gasteiger partial charge is 0.481 e. The van der Waals surface area contributed by atoms with Crippen LogP contribution in [0.4, 0.5) is 0 Å². The van der Waals surface area contributed by atoms with Gasteiger partial charge in [0.15, 0.2) is 0 Å². The molecule has 0 aliphatic heterocycles. The lowest BCUT2D eigenvalue weighted by Gasteiger charge is -2.08. The number of aromatic nitrogens is 2. The maximum Gasteiger partial charge on any atom is 0.330 e. The molecule has 0 saturated heterocycles. The third-order valence-corrected chi connectivity index (χ3v) is 3.05. The lowest BCUT2D eigenvalue weighted by atomic mass is 10.4. The Hall–Kier alpha value is -1.50. The zero-order valence-electron chi connectivity index (χ0n) is 8.97. The lowest BCUT2D eigenvalue weighted by Crippen LogP contribution is -2.37. The summed E-state index contributed by atoms with van der Waals surface area (Å²) in [6.45, 7) is 0. The van der Waals surface area contributed by atoms with Crippen molar-refractivity contribution < 1.29 is 9.90 Å². The van der Waals surface area contributed by atoms with E-state index in [0.717, 1.165) is 16.3 Å². The molecule has 0 aliphatic carbocycles. The number of hydrogen-bond donors (Lipinski definition) is 1. The molecule has 0 unspecified atom stereocenters. The van der Waals surface area contributed by atoms with Crippen molar-refractivity contribution in [1.82, 2.24) is 9.13 Å². The van der Waals surface area contributed by atoms with Gasteiger partial charge in [0.25, 0.3) is 5.56 Å². The Morgan fingerprint density at radius 3 is 2.56 bits per heavy atom. The average molecular weight is 244 g/mol. The number of carboxylic acids is 1. The minimum Gasteiger partial charge on any atom is -0.481 e. The fourth-order valence-electron chi connectivity index (χ4n) is 1.16. The summed E-state index contributed by atoms with van der Waals surface area (Å²) in [7, 11) is 2.96. The molecule has 0 radical (unpaired) electrons. The Balaban J connectivity index is 2.94. The number of aliphatic carboxylic acids is 1. The zero-order valence-corrected chi connectivity index (χ0v) is 9.78. The summed E-state index contributed by atoms with van der Waals surface area (Å²) in [5.41, 5.74) is -0.258. The van der Waals surface area contributed by atoms with Crippen molar-refractivity contribution in [3.8, 4) is 0 Å². The van der Waals surface area contributed by atoms with Gasteiger partial charge in [0, 0.05) is 31.6 Å². The fourth-order valence-corrected chi connectivity index (χ4v) is 1.92. The normalized spacial score (nSPS) is 10.4. The summed E-state index contributed by atoms with van der Waals surface area (Å²) in [5.74, 6) is -0.642. The van der Waals surface area contributed by atoms with Crippen LogP contribution in [-0.4, -0.2) is 26.0 Å². The predicted octanol–water partition coefficient (Wildman–Crippen LogP) is -0.598. The van der Waals surface area contributed by atoms with Crippen LogP contribution in [0.5, 0.6) is 0 Å². The third kappa shape index (κ3) is 2.75. The van der Waals surface area contributed by atoms with Gasteiger partial charge in [-0.05, 0) is 0 Å². The Bertz CT molecular complexity index is 517. The molecule has 0 spiro atoms. The van der Waals surface area contributed by atoms with Crippen LogP contribution in [0.25, 0.3) is 0 Å². The molecule has 1 rings (SSSR count). The van der Waals surface area contributed by atoms with Gasteiger partial charge in [-0.2, -0.15) is 0 Å². The van der Waals surface area contributed by atoms with E-state index in [1.165, 1.54) is 17.7 Å². The molecule has 1 heterocycles. The van der Waals surface area contributed by atoms with E-state index >= 15 is 0 Å². The van der Waals surface area contributed by atoms with Gasteiger partial charge in [0.2, 0.25) is 0 Å². The van der Waals surface area contributed by atoms with Crippen LogP contribution in [0.2, 0.25) is 0 Å². The van der Waals surface area contributed by atoms with E-state index < -0.39 is 11.7 Å². The quantitative estimate of drug-likeness (QED) is 0.765. The fraction of sp³-hybridized carbons (Fsp3) is 0.444.